The van der Waals surface area contributed by atoms with Crippen LogP contribution in [-0.4, -0.2) is 31.5 Å². The molecule has 0 spiro atoms. The average molecular weight is 343 g/mol. The van der Waals surface area contributed by atoms with Gasteiger partial charge in [0, 0.05) is 16.8 Å². The Balaban J connectivity index is 1.99. The van der Waals surface area contributed by atoms with Crippen molar-refractivity contribution in [1.29, 1.82) is 0 Å². The number of imidazole rings is 1. The fraction of sp³-hybridized carbons (Fsp3) is 0.333. The first-order valence-corrected chi connectivity index (χ1v) is 9.50. The molecule has 0 aliphatic heterocycles. The van der Waals surface area contributed by atoms with Gasteiger partial charge in [0.25, 0.3) is 0 Å². The molecule has 126 valence electrons. The van der Waals surface area contributed by atoms with Crippen molar-refractivity contribution in [2.45, 2.75) is 31.6 Å². The van der Waals surface area contributed by atoms with Crippen LogP contribution in [0.3, 0.4) is 0 Å². The molecule has 2 aromatic heterocycles. The van der Waals surface area contributed by atoms with Crippen molar-refractivity contribution in [3.05, 3.63) is 36.7 Å². The van der Waals surface area contributed by atoms with E-state index in [0.29, 0.717) is 18.1 Å². The Morgan fingerprint density at radius 3 is 2.88 bits per heavy atom. The molecular weight excluding hydrogens is 322 g/mol. The average Bonchev–Trinajstić information content (AvgIpc) is 3.03. The first kappa shape index (κ1) is 16.6. The summed E-state index contributed by atoms with van der Waals surface area (Å²) >= 11 is 0. The SMILES string of the molecule is CCCCS(=O)c1ccc(-c2nc3ccncc3[nH]2)c(OCC)c1. The predicted octanol–water partition coefficient (Wildman–Crippen LogP) is 3.93. The smallest absolute Gasteiger partial charge is 0.142 e. The summed E-state index contributed by atoms with van der Waals surface area (Å²) in [5, 5.41) is 0. The largest absolute Gasteiger partial charge is 0.493 e. The van der Waals surface area contributed by atoms with Gasteiger partial charge in [-0.2, -0.15) is 0 Å². The van der Waals surface area contributed by atoms with Crippen LogP contribution in [0.2, 0.25) is 0 Å². The van der Waals surface area contributed by atoms with E-state index in [4.69, 9.17) is 4.74 Å². The lowest BCUT2D eigenvalue weighted by Crippen LogP contribution is -2.01. The van der Waals surface area contributed by atoms with Crippen molar-refractivity contribution in [1.82, 2.24) is 15.0 Å². The molecule has 0 saturated heterocycles. The Bertz CT molecular complexity index is 827. The van der Waals surface area contributed by atoms with Crippen molar-refractivity contribution in [3.63, 3.8) is 0 Å². The van der Waals surface area contributed by atoms with E-state index >= 15 is 0 Å². The van der Waals surface area contributed by atoms with Crippen LogP contribution in [0, 0.1) is 0 Å². The molecule has 6 heteroatoms. The van der Waals surface area contributed by atoms with Crippen LogP contribution in [0.15, 0.2) is 41.6 Å². The van der Waals surface area contributed by atoms with Crippen molar-refractivity contribution < 1.29 is 8.95 Å². The first-order valence-electron chi connectivity index (χ1n) is 8.18. The lowest BCUT2D eigenvalue weighted by molar-refractivity contribution is 0.340. The predicted molar refractivity (Wildman–Crippen MR) is 96.7 cm³/mol. The minimum absolute atomic E-state index is 0.542. The molecule has 0 saturated carbocycles. The van der Waals surface area contributed by atoms with Gasteiger partial charge >= 0.3 is 0 Å². The van der Waals surface area contributed by atoms with Crippen molar-refractivity contribution in [3.8, 4) is 17.1 Å². The Labute approximate surface area is 143 Å². The van der Waals surface area contributed by atoms with Crippen molar-refractivity contribution in [2.24, 2.45) is 0 Å². The van der Waals surface area contributed by atoms with Gasteiger partial charge in [0.05, 0.1) is 40.2 Å². The third-order valence-corrected chi connectivity index (χ3v) is 5.18. The number of benzene rings is 1. The molecule has 1 aromatic carbocycles. The highest BCUT2D eigenvalue weighted by Gasteiger charge is 2.14. The second kappa shape index (κ2) is 7.57. The molecule has 1 unspecified atom stereocenters. The number of pyridine rings is 1. The summed E-state index contributed by atoms with van der Waals surface area (Å²) in [7, 11) is -0.997. The number of rotatable bonds is 7. The van der Waals surface area contributed by atoms with E-state index in [1.807, 2.05) is 31.2 Å². The highest BCUT2D eigenvalue weighted by molar-refractivity contribution is 7.85. The Morgan fingerprint density at radius 2 is 2.12 bits per heavy atom. The number of ether oxygens (including phenoxy) is 1. The van der Waals surface area contributed by atoms with E-state index in [1.165, 1.54) is 0 Å². The highest BCUT2D eigenvalue weighted by atomic mass is 32.2. The van der Waals surface area contributed by atoms with Crippen LogP contribution in [0.1, 0.15) is 26.7 Å². The quantitative estimate of drug-likeness (QED) is 0.706. The topological polar surface area (TPSA) is 67.9 Å². The van der Waals surface area contributed by atoms with Gasteiger partial charge < -0.3 is 9.72 Å². The molecule has 24 heavy (non-hydrogen) atoms. The molecule has 0 amide bonds. The maximum Gasteiger partial charge on any atom is 0.142 e. The standard InChI is InChI=1S/C18H21N3O2S/c1-3-5-10-24(22)13-6-7-14(17(11-13)23-4-2)18-20-15-8-9-19-12-16(15)21-18/h6-9,11-12H,3-5,10H2,1-2H3,(H,20,21). The molecule has 0 aliphatic rings. The third-order valence-electron chi connectivity index (χ3n) is 3.74. The molecule has 0 radical (unpaired) electrons. The number of nitrogens with zero attached hydrogens (tertiary/aromatic N) is 2. The normalized spacial score (nSPS) is 12.4. The maximum atomic E-state index is 12.4. The van der Waals surface area contributed by atoms with Gasteiger partial charge in [-0.05, 0) is 37.6 Å². The van der Waals surface area contributed by atoms with Crippen LogP contribution in [0.25, 0.3) is 22.4 Å². The number of aromatic nitrogens is 3. The van der Waals surface area contributed by atoms with Gasteiger partial charge in [-0.25, -0.2) is 4.98 Å². The number of fused-ring (bicyclic) bond motifs is 1. The summed E-state index contributed by atoms with van der Waals surface area (Å²) < 4.78 is 18.1. The molecule has 0 aliphatic carbocycles. The molecule has 0 bridgehead atoms. The molecule has 1 atom stereocenters. The molecular formula is C18H21N3O2S. The molecule has 3 rings (SSSR count). The molecule has 0 fully saturated rings. The van der Waals surface area contributed by atoms with E-state index in [1.54, 1.807) is 12.4 Å². The van der Waals surface area contributed by atoms with E-state index in [0.717, 1.165) is 40.2 Å². The van der Waals surface area contributed by atoms with Crippen LogP contribution >= 0.6 is 0 Å². The molecule has 3 aromatic rings. The molecule has 5 nitrogen and oxygen atoms in total. The first-order chi connectivity index (χ1) is 11.7. The van der Waals surface area contributed by atoms with Gasteiger partial charge in [0.15, 0.2) is 0 Å². The van der Waals surface area contributed by atoms with Crippen LogP contribution in [-0.2, 0) is 10.8 Å². The van der Waals surface area contributed by atoms with Gasteiger partial charge in [0.1, 0.15) is 11.6 Å². The van der Waals surface area contributed by atoms with E-state index in [2.05, 4.69) is 21.9 Å². The second-order valence-electron chi connectivity index (χ2n) is 5.47. The second-order valence-corrected chi connectivity index (χ2v) is 7.04. The number of hydrogen-bond acceptors (Lipinski definition) is 4. The van der Waals surface area contributed by atoms with Crippen LogP contribution in [0.4, 0.5) is 0 Å². The Hall–Kier alpha value is -2.21. The third kappa shape index (κ3) is 3.48. The van der Waals surface area contributed by atoms with Crippen molar-refractivity contribution >= 4 is 21.8 Å². The van der Waals surface area contributed by atoms with Crippen LogP contribution < -0.4 is 4.74 Å². The minimum atomic E-state index is -0.997. The Kier molecular flexibility index (Phi) is 5.25. The van der Waals surface area contributed by atoms with E-state index in [-0.39, 0.29) is 0 Å². The number of nitrogens with one attached hydrogen (secondary N) is 1. The summed E-state index contributed by atoms with van der Waals surface area (Å²) in [6.45, 7) is 4.58. The van der Waals surface area contributed by atoms with Crippen molar-refractivity contribution in [2.75, 3.05) is 12.4 Å². The van der Waals surface area contributed by atoms with Gasteiger partial charge in [0.2, 0.25) is 0 Å². The summed E-state index contributed by atoms with van der Waals surface area (Å²) in [6, 6.07) is 7.56. The Morgan fingerprint density at radius 1 is 1.25 bits per heavy atom. The number of aromatic amines is 1. The monoisotopic (exact) mass is 343 g/mol. The van der Waals surface area contributed by atoms with Gasteiger partial charge in [-0.1, -0.05) is 13.3 Å². The zero-order valence-corrected chi connectivity index (χ0v) is 14.7. The number of unbranched alkanes of at least 4 members (excludes halogenated alkanes) is 1. The summed E-state index contributed by atoms with van der Waals surface area (Å²) in [4.78, 5) is 12.8. The van der Waals surface area contributed by atoms with Crippen LogP contribution in [0.5, 0.6) is 5.75 Å². The maximum absolute atomic E-state index is 12.4. The fourth-order valence-electron chi connectivity index (χ4n) is 2.49. The highest BCUT2D eigenvalue weighted by Crippen LogP contribution is 2.31. The van der Waals surface area contributed by atoms with Gasteiger partial charge in [-0.3, -0.25) is 9.19 Å². The van der Waals surface area contributed by atoms with E-state index in [9.17, 15) is 4.21 Å². The minimum Gasteiger partial charge on any atom is -0.493 e. The van der Waals surface area contributed by atoms with Gasteiger partial charge in [-0.15, -0.1) is 0 Å². The molecule has 1 N–H and O–H groups in total. The number of H-pyrrole nitrogens is 1. The zero-order chi connectivity index (χ0) is 16.9. The van der Waals surface area contributed by atoms with E-state index < -0.39 is 10.8 Å². The fourth-order valence-corrected chi connectivity index (χ4v) is 3.74. The number of hydrogen-bond donors (Lipinski definition) is 1. The molecule has 2 heterocycles. The lowest BCUT2D eigenvalue weighted by atomic mass is 10.2. The zero-order valence-electron chi connectivity index (χ0n) is 13.9. The summed E-state index contributed by atoms with van der Waals surface area (Å²) in [5.74, 6) is 2.11. The summed E-state index contributed by atoms with van der Waals surface area (Å²) in [6.07, 6.45) is 5.46. The summed E-state index contributed by atoms with van der Waals surface area (Å²) in [5.41, 5.74) is 2.60. The lowest BCUT2D eigenvalue weighted by Gasteiger charge is -2.10.